The Kier molecular flexibility index (Phi) is 7.45. The Bertz CT molecular complexity index is 308. The highest BCUT2D eigenvalue weighted by Crippen LogP contribution is 1.93. The maximum absolute atomic E-state index is 11.6. The Morgan fingerprint density at radius 1 is 1.17 bits per heavy atom. The molecule has 2 N–H and O–H groups in total. The maximum Gasteiger partial charge on any atom is 0.323 e. The number of aliphatic carboxylic acids is 1. The molecule has 0 saturated heterocycles. The second kappa shape index (κ2) is 8.29. The van der Waals surface area contributed by atoms with E-state index in [-0.39, 0.29) is 12.5 Å². The summed E-state index contributed by atoms with van der Waals surface area (Å²) in [5.41, 5.74) is 0. The van der Waals surface area contributed by atoms with Gasteiger partial charge in [0.2, 0.25) is 5.91 Å². The van der Waals surface area contributed by atoms with Gasteiger partial charge in [-0.05, 0) is 0 Å². The van der Waals surface area contributed by atoms with Crippen molar-refractivity contribution in [2.24, 2.45) is 0 Å². The van der Waals surface area contributed by atoms with Gasteiger partial charge in [-0.1, -0.05) is 0 Å². The number of hydrogen-bond acceptors (Lipinski definition) is 4. The van der Waals surface area contributed by atoms with Gasteiger partial charge in [-0.15, -0.1) is 0 Å². The first-order chi connectivity index (χ1) is 8.38. The Balaban J connectivity index is 4.06. The normalized spacial score (nSPS) is 9.72. The van der Waals surface area contributed by atoms with Crippen LogP contribution in [0.3, 0.4) is 0 Å². The lowest BCUT2D eigenvalue weighted by molar-refractivity contribution is -0.137. The van der Waals surface area contributed by atoms with Crippen molar-refractivity contribution in [2.45, 2.75) is 0 Å². The molecule has 0 bridgehead atoms. The van der Waals surface area contributed by atoms with Crippen LogP contribution in [0.1, 0.15) is 0 Å². The average molecular weight is 261 g/mol. The smallest absolute Gasteiger partial charge is 0.323 e. The number of carbonyl (C=O) groups is 3. The van der Waals surface area contributed by atoms with Gasteiger partial charge in [0, 0.05) is 27.7 Å². The van der Waals surface area contributed by atoms with Crippen LogP contribution in [0, 0.1) is 0 Å². The minimum Gasteiger partial charge on any atom is -0.480 e. The summed E-state index contributed by atoms with van der Waals surface area (Å²) >= 11 is 0. The standard InChI is InChI=1S/C10H19N3O5/c1-12(6-8(14)11-4-5-18-3)10(17)13(2)7-9(15)16/h4-7H2,1-3H3,(H,11,14)(H,15,16). The number of urea groups is 1. The molecule has 0 atom stereocenters. The van der Waals surface area contributed by atoms with Crippen LogP contribution in [0.25, 0.3) is 0 Å². The van der Waals surface area contributed by atoms with Gasteiger partial charge in [-0.25, -0.2) is 4.79 Å². The summed E-state index contributed by atoms with van der Waals surface area (Å²) in [6, 6.07) is -0.528. The Morgan fingerprint density at radius 3 is 2.22 bits per heavy atom. The van der Waals surface area contributed by atoms with Gasteiger partial charge in [-0.3, -0.25) is 9.59 Å². The van der Waals surface area contributed by atoms with Gasteiger partial charge >= 0.3 is 12.0 Å². The van der Waals surface area contributed by atoms with E-state index in [4.69, 9.17) is 9.84 Å². The van der Waals surface area contributed by atoms with Crippen molar-refractivity contribution in [1.82, 2.24) is 15.1 Å². The molecular weight excluding hydrogens is 242 g/mol. The molecule has 0 aliphatic heterocycles. The number of carboxylic acids is 1. The van der Waals surface area contributed by atoms with E-state index in [9.17, 15) is 14.4 Å². The van der Waals surface area contributed by atoms with Gasteiger partial charge < -0.3 is 25.0 Å². The summed E-state index contributed by atoms with van der Waals surface area (Å²) in [6.07, 6.45) is 0. The fourth-order valence-electron chi connectivity index (χ4n) is 1.19. The summed E-state index contributed by atoms with van der Waals surface area (Å²) in [5, 5.41) is 11.1. The largest absolute Gasteiger partial charge is 0.480 e. The third kappa shape index (κ3) is 6.69. The molecule has 0 aromatic rings. The van der Waals surface area contributed by atoms with Crippen molar-refractivity contribution >= 4 is 17.9 Å². The molecule has 0 heterocycles. The van der Waals surface area contributed by atoms with E-state index in [0.717, 1.165) is 9.80 Å². The molecule has 0 aromatic carbocycles. The number of rotatable bonds is 7. The van der Waals surface area contributed by atoms with Crippen molar-refractivity contribution in [3.63, 3.8) is 0 Å². The van der Waals surface area contributed by atoms with Gasteiger partial charge in [0.05, 0.1) is 6.61 Å². The predicted molar refractivity (Wildman–Crippen MR) is 63.2 cm³/mol. The third-order valence-corrected chi connectivity index (χ3v) is 2.03. The molecule has 0 aliphatic rings. The van der Waals surface area contributed by atoms with Crippen LogP contribution in [0.4, 0.5) is 4.79 Å². The minimum atomic E-state index is -1.11. The highest BCUT2D eigenvalue weighted by atomic mass is 16.5. The lowest BCUT2D eigenvalue weighted by Gasteiger charge is -2.23. The van der Waals surface area contributed by atoms with E-state index in [1.165, 1.54) is 21.2 Å². The fourth-order valence-corrected chi connectivity index (χ4v) is 1.19. The van der Waals surface area contributed by atoms with E-state index in [1.54, 1.807) is 0 Å². The SMILES string of the molecule is COCCNC(=O)CN(C)C(=O)N(C)CC(=O)O. The quantitative estimate of drug-likeness (QED) is 0.562. The van der Waals surface area contributed by atoms with Gasteiger partial charge in [-0.2, -0.15) is 0 Å². The zero-order valence-corrected chi connectivity index (χ0v) is 10.8. The number of carbonyl (C=O) groups excluding carboxylic acids is 2. The van der Waals surface area contributed by atoms with Crippen molar-refractivity contribution < 1.29 is 24.2 Å². The lowest BCUT2D eigenvalue weighted by Crippen LogP contribution is -2.45. The number of hydrogen-bond donors (Lipinski definition) is 2. The molecule has 0 rings (SSSR count). The summed E-state index contributed by atoms with van der Waals surface area (Å²) in [4.78, 5) is 35.6. The molecule has 8 nitrogen and oxygen atoms in total. The maximum atomic E-state index is 11.6. The van der Waals surface area contributed by atoms with Crippen molar-refractivity contribution in [2.75, 3.05) is 47.4 Å². The average Bonchev–Trinajstić information content (AvgIpc) is 2.27. The van der Waals surface area contributed by atoms with Crippen LogP contribution in [0.15, 0.2) is 0 Å². The van der Waals surface area contributed by atoms with Crippen LogP contribution in [-0.2, 0) is 14.3 Å². The molecule has 0 saturated carbocycles. The van der Waals surface area contributed by atoms with Crippen molar-refractivity contribution in [3.05, 3.63) is 0 Å². The molecule has 18 heavy (non-hydrogen) atoms. The summed E-state index contributed by atoms with van der Waals surface area (Å²) in [5.74, 6) is -1.43. The van der Waals surface area contributed by atoms with Crippen LogP contribution in [0.2, 0.25) is 0 Å². The number of amides is 3. The molecule has 0 unspecified atom stereocenters. The number of ether oxygens (including phenoxy) is 1. The first-order valence-corrected chi connectivity index (χ1v) is 5.32. The zero-order valence-electron chi connectivity index (χ0n) is 10.8. The molecule has 104 valence electrons. The van der Waals surface area contributed by atoms with E-state index in [1.807, 2.05) is 0 Å². The number of carboxylic acid groups (broad SMARTS) is 1. The molecule has 0 fully saturated rings. The summed E-state index contributed by atoms with van der Waals surface area (Å²) < 4.78 is 4.76. The number of likely N-dealkylation sites (N-methyl/N-ethyl adjacent to an activating group) is 2. The fraction of sp³-hybridized carbons (Fsp3) is 0.700. The molecule has 0 aromatic heterocycles. The van der Waals surface area contributed by atoms with Crippen LogP contribution in [-0.4, -0.2) is 80.3 Å². The van der Waals surface area contributed by atoms with Crippen molar-refractivity contribution in [1.29, 1.82) is 0 Å². The molecule has 0 aliphatic carbocycles. The Labute approximate surface area is 105 Å². The first-order valence-electron chi connectivity index (χ1n) is 5.32. The third-order valence-electron chi connectivity index (χ3n) is 2.03. The van der Waals surface area contributed by atoms with Crippen molar-refractivity contribution in [3.8, 4) is 0 Å². The topological polar surface area (TPSA) is 99.2 Å². The van der Waals surface area contributed by atoms with E-state index < -0.39 is 18.5 Å². The Hall–Kier alpha value is -1.83. The monoisotopic (exact) mass is 261 g/mol. The van der Waals surface area contributed by atoms with Gasteiger partial charge in [0.15, 0.2) is 0 Å². The van der Waals surface area contributed by atoms with Crippen LogP contribution >= 0.6 is 0 Å². The minimum absolute atomic E-state index is 0.132. The van der Waals surface area contributed by atoms with E-state index in [2.05, 4.69) is 5.32 Å². The first kappa shape index (κ1) is 16.2. The highest BCUT2D eigenvalue weighted by molar-refractivity contribution is 5.85. The zero-order chi connectivity index (χ0) is 14.1. The van der Waals surface area contributed by atoms with Gasteiger partial charge in [0.25, 0.3) is 0 Å². The number of nitrogens with zero attached hydrogens (tertiary/aromatic N) is 2. The highest BCUT2D eigenvalue weighted by Gasteiger charge is 2.18. The predicted octanol–water partition coefficient (Wildman–Crippen LogP) is -1.18. The Morgan fingerprint density at radius 2 is 1.72 bits per heavy atom. The number of methoxy groups -OCH3 is 1. The number of nitrogens with one attached hydrogen (secondary N) is 1. The van der Waals surface area contributed by atoms with E-state index in [0.29, 0.717) is 13.2 Å². The van der Waals surface area contributed by atoms with Crippen LogP contribution < -0.4 is 5.32 Å². The molecule has 3 amide bonds. The lowest BCUT2D eigenvalue weighted by atomic mass is 10.5. The molecule has 0 spiro atoms. The second-order valence-corrected chi connectivity index (χ2v) is 3.73. The van der Waals surface area contributed by atoms with E-state index >= 15 is 0 Å². The van der Waals surface area contributed by atoms with Crippen LogP contribution in [0.5, 0.6) is 0 Å². The molecular formula is C10H19N3O5. The van der Waals surface area contributed by atoms with Gasteiger partial charge in [0.1, 0.15) is 13.1 Å². The molecule has 8 heteroatoms. The summed E-state index contributed by atoms with van der Waals surface area (Å²) in [7, 11) is 4.30. The second-order valence-electron chi connectivity index (χ2n) is 3.73. The summed E-state index contributed by atoms with van der Waals surface area (Å²) in [6.45, 7) is 0.214. The molecule has 0 radical (unpaired) electrons.